The van der Waals surface area contributed by atoms with Crippen LogP contribution in [-0.2, 0) is 16.6 Å². The van der Waals surface area contributed by atoms with Crippen molar-refractivity contribution < 1.29 is 9.84 Å². The van der Waals surface area contributed by atoms with E-state index in [0.29, 0.717) is 11.8 Å². The fraction of sp³-hybridized carbons (Fsp3) is 0.714. The van der Waals surface area contributed by atoms with Crippen LogP contribution in [0.25, 0.3) is 0 Å². The van der Waals surface area contributed by atoms with Gasteiger partial charge in [0.05, 0.1) is 5.60 Å². The van der Waals surface area contributed by atoms with E-state index >= 15 is 0 Å². The number of hydrogen-bond donors (Lipinski definition) is 1. The maximum absolute atomic E-state index is 10.2. The van der Waals surface area contributed by atoms with Crippen LogP contribution >= 0.6 is 0 Å². The van der Waals surface area contributed by atoms with E-state index in [4.69, 9.17) is 4.74 Å². The van der Waals surface area contributed by atoms with Gasteiger partial charge in [0.1, 0.15) is 5.75 Å². The Hall–Kier alpha value is -1.06. The molecule has 0 aromatic heterocycles. The first-order chi connectivity index (χ1) is 11.7. The average molecular weight is 327 g/mol. The number of rotatable bonds is 3. The molecule has 130 valence electrons. The average Bonchev–Trinajstić information content (AvgIpc) is 3.42. The molecule has 0 spiro atoms. The minimum atomic E-state index is -0.0564. The molecule has 0 radical (unpaired) electrons. The van der Waals surface area contributed by atoms with E-state index in [2.05, 4.69) is 24.0 Å². The van der Waals surface area contributed by atoms with Crippen LogP contribution in [-0.4, -0.2) is 41.3 Å². The van der Waals surface area contributed by atoms with Crippen LogP contribution in [0, 0.1) is 5.92 Å². The Labute approximate surface area is 145 Å². The van der Waals surface area contributed by atoms with Crippen molar-refractivity contribution in [3.8, 4) is 5.75 Å². The zero-order valence-corrected chi connectivity index (χ0v) is 14.8. The molecule has 24 heavy (non-hydrogen) atoms. The molecule has 3 nitrogen and oxygen atoms in total. The van der Waals surface area contributed by atoms with Gasteiger partial charge in [0, 0.05) is 24.6 Å². The summed E-state index contributed by atoms with van der Waals surface area (Å²) in [6.07, 6.45) is 8.53. The third-order valence-electron chi connectivity index (χ3n) is 7.46. The second-order valence-electron chi connectivity index (χ2n) is 8.53. The molecule has 0 unspecified atom stereocenters. The number of aromatic hydroxyl groups is 1. The van der Waals surface area contributed by atoms with Crippen LogP contribution in [0.15, 0.2) is 18.2 Å². The summed E-state index contributed by atoms with van der Waals surface area (Å²) in [6.45, 7) is 5.68. The summed E-state index contributed by atoms with van der Waals surface area (Å²) in [7, 11) is 0. The largest absolute Gasteiger partial charge is 0.508 e. The van der Waals surface area contributed by atoms with Crippen LogP contribution in [0.2, 0.25) is 0 Å². The summed E-state index contributed by atoms with van der Waals surface area (Å²) in [5, 5.41) is 10.2. The van der Waals surface area contributed by atoms with E-state index in [1.54, 1.807) is 0 Å². The second-order valence-corrected chi connectivity index (χ2v) is 8.53. The molecule has 2 aliphatic heterocycles. The van der Waals surface area contributed by atoms with Crippen molar-refractivity contribution in [2.75, 3.05) is 19.7 Å². The number of phenolic OH excluding ortho intramolecular Hbond substituents is 1. The predicted octanol–water partition coefficient (Wildman–Crippen LogP) is 3.63. The van der Waals surface area contributed by atoms with Crippen molar-refractivity contribution in [2.24, 2.45) is 5.92 Å². The lowest BCUT2D eigenvalue weighted by Crippen LogP contribution is -2.73. The van der Waals surface area contributed by atoms with Crippen molar-refractivity contribution >= 4 is 0 Å². The molecular formula is C21H29NO2. The summed E-state index contributed by atoms with van der Waals surface area (Å²) < 4.78 is 6.68. The van der Waals surface area contributed by atoms with E-state index in [0.717, 1.165) is 31.8 Å². The molecular weight excluding hydrogens is 298 g/mol. The van der Waals surface area contributed by atoms with Gasteiger partial charge in [-0.05, 0) is 80.7 Å². The molecule has 3 fully saturated rings. The Morgan fingerprint density at radius 3 is 2.96 bits per heavy atom. The van der Waals surface area contributed by atoms with Gasteiger partial charge < -0.3 is 9.84 Å². The van der Waals surface area contributed by atoms with Crippen molar-refractivity contribution in [3.05, 3.63) is 29.3 Å². The van der Waals surface area contributed by atoms with Crippen LogP contribution < -0.4 is 0 Å². The normalized spacial score (nSPS) is 38.5. The van der Waals surface area contributed by atoms with E-state index in [9.17, 15) is 5.11 Å². The molecule has 2 saturated heterocycles. The zero-order chi connectivity index (χ0) is 16.4. The van der Waals surface area contributed by atoms with Gasteiger partial charge in [-0.25, -0.2) is 0 Å². The van der Waals surface area contributed by atoms with Crippen molar-refractivity contribution in [1.29, 1.82) is 0 Å². The van der Waals surface area contributed by atoms with Crippen LogP contribution in [0.3, 0.4) is 0 Å². The maximum Gasteiger partial charge on any atom is 0.115 e. The highest BCUT2D eigenvalue weighted by Crippen LogP contribution is 2.59. The quantitative estimate of drug-likeness (QED) is 0.920. The molecule has 1 N–H and O–H groups in total. The van der Waals surface area contributed by atoms with Gasteiger partial charge in [-0.2, -0.15) is 0 Å². The van der Waals surface area contributed by atoms with Crippen molar-refractivity contribution in [3.63, 3.8) is 0 Å². The summed E-state index contributed by atoms with van der Waals surface area (Å²) in [6, 6.07) is 6.61. The standard InChI is InChI=1S/C21H29NO2/c1-2-21-19-12-16-6-7-17(23)13-18(16)20(21,8-3-11-24-21)9-10-22(19)14-15-4-5-15/h6-7,13,15,19,23H,2-5,8-12,14H2,1H3/t19-,20+,21+/m1/s1. The highest BCUT2D eigenvalue weighted by atomic mass is 16.5. The monoisotopic (exact) mass is 327 g/mol. The number of nitrogens with zero attached hydrogens (tertiary/aromatic N) is 1. The number of fused-ring (bicyclic) bond motifs is 1. The van der Waals surface area contributed by atoms with Gasteiger partial charge in [-0.1, -0.05) is 13.0 Å². The van der Waals surface area contributed by atoms with E-state index in [-0.39, 0.29) is 11.0 Å². The Morgan fingerprint density at radius 2 is 2.17 bits per heavy atom. The summed E-state index contributed by atoms with van der Waals surface area (Å²) in [5.41, 5.74) is 2.90. The topological polar surface area (TPSA) is 32.7 Å². The number of piperidine rings is 1. The summed E-state index contributed by atoms with van der Waals surface area (Å²) >= 11 is 0. The summed E-state index contributed by atoms with van der Waals surface area (Å²) in [4.78, 5) is 2.76. The van der Waals surface area contributed by atoms with E-state index in [1.807, 2.05) is 6.07 Å². The lowest BCUT2D eigenvalue weighted by atomic mass is 9.51. The lowest BCUT2D eigenvalue weighted by molar-refractivity contribution is -0.209. The molecule has 2 bridgehead atoms. The smallest absolute Gasteiger partial charge is 0.115 e. The van der Waals surface area contributed by atoms with Gasteiger partial charge in [0.25, 0.3) is 0 Å². The second kappa shape index (κ2) is 5.22. The Kier molecular flexibility index (Phi) is 3.31. The highest BCUT2D eigenvalue weighted by molar-refractivity contribution is 5.48. The van der Waals surface area contributed by atoms with E-state index in [1.165, 1.54) is 49.9 Å². The number of phenols is 1. The molecule has 2 heterocycles. The molecule has 0 amide bonds. The van der Waals surface area contributed by atoms with Gasteiger partial charge in [0.15, 0.2) is 0 Å². The third-order valence-corrected chi connectivity index (χ3v) is 7.46. The Balaban J connectivity index is 1.66. The lowest BCUT2D eigenvalue weighted by Gasteiger charge is -2.65. The molecule has 4 aliphatic rings. The fourth-order valence-corrected chi connectivity index (χ4v) is 6.23. The van der Waals surface area contributed by atoms with Crippen LogP contribution in [0.4, 0.5) is 0 Å². The van der Waals surface area contributed by atoms with Crippen molar-refractivity contribution in [2.45, 2.75) is 68.9 Å². The molecule has 1 aromatic carbocycles. The summed E-state index contributed by atoms with van der Waals surface area (Å²) in [5.74, 6) is 1.34. The SMILES string of the molecule is CC[C@@]12OCCC[C@@]13CCN(CC1CC1)[C@@H]2Cc1ccc(O)cc13. The highest BCUT2D eigenvalue weighted by Gasteiger charge is 2.64. The Bertz CT molecular complexity index is 655. The molecule has 5 rings (SSSR count). The van der Waals surface area contributed by atoms with Gasteiger partial charge in [-0.3, -0.25) is 4.90 Å². The first-order valence-electron chi connectivity index (χ1n) is 9.89. The number of likely N-dealkylation sites (tertiary alicyclic amines) is 1. The van der Waals surface area contributed by atoms with E-state index < -0.39 is 0 Å². The molecule has 3 atom stereocenters. The van der Waals surface area contributed by atoms with Crippen LogP contribution in [0.1, 0.15) is 56.6 Å². The van der Waals surface area contributed by atoms with Crippen molar-refractivity contribution in [1.82, 2.24) is 4.90 Å². The first kappa shape index (κ1) is 15.2. The van der Waals surface area contributed by atoms with Gasteiger partial charge >= 0.3 is 0 Å². The fourth-order valence-electron chi connectivity index (χ4n) is 6.23. The zero-order valence-electron chi connectivity index (χ0n) is 14.8. The molecule has 1 aromatic rings. The predicted molar refractivity (Wildman–Crippen MR) is 94.4 cm³/mol. The number of ether oxygens (including phenoxy) is 1. The molecule has 2 aliphatic carbocycles. The van der Waals surface area contributed by atoms with Crippen LogP contribution in [0.5, 0.6) is 5.75 Å². The minimum Gasteiger partial charge on any atom is -0.508 e. The first-order valence-corrected chi connectivity index (χ1v) is 9.89. The van der Waals surface area contributed by atoms with Gasteiger partial charge in [-0.15, -0.1) is 0 Å². The third kappa shape index (κ3) is 1.91. The minimum absolute atomic E-state index is 0.0564. The maximum atomic E-state index is 10.2. The number of hydrogen-bond acceptors (Lipinski definition) is 3. The molecule has 1 saturated carbocycles. The molecule has 3 heteroatoms. The van der Waals surface area contributed by atoms with Gasteiger partial charge in [0.2, 0.25) is 0 Å². The number of benzene rings is 1. The Morgan fingerprint density at radius 1 is 1.29 bits per heavy atom.